The first-order chi connectivity index (χ1) is 8.66. The van der Waals surface area contributed by atoms with Crippen LogP contribution in [0.5, 0.6) is 0 Å². The lowest BCUT2D eigenvalue weighted by atomic mass is 10.1. The van der Waals surface area contributed by atoms with Crippen LogP contribution >= 0.6 is 0 Å². The van der Waals surface area contributed by atoms with Crippen LogP contribution in [0.15, 0.2) is 0 Å². The SMILES string of the molecule is O=C(O)CCCCCN1CCN2C(=O)CCC2C1. The topological polar surface area (TPSA) is 60.9 Å². The predicted octanol–water partition coefficient (Wildman–Crippen LogP) is 0.938. The monoisotopic (exact) mass is 254 g/mol. The van der Waals surface area contributed by atoms with E-state index in [4.69, 9.17) is 5.11 Å². The van der Waals surface area contributed by atoms with Crippen LogP contribution in [-0.4, -0.2) is 59.0 Å². The van der Waals surface area contributed by atoms with Gasteiger partial charge < -0.3 is 10.0 Å². The summed E-state index contributed by atoms with van der Waals surface area (Å²) >= 11 is 0. The highest BCUT2D eigenvalue weighted by Crippen LogP contribution is 2.22. The van der Waals surface area contributed by atoms with Crippen LogP contribution in [0.4, 0.5) is 0 Å². The van der Waals surface area contributed by atoms with Gasteiger partial charge in [-0.05, 0) is 25.8 Å². The van der Waals surface area contributed by atoms with E-state index in [1.807, 2.05) is 4.90 Å². The maximum Gasteiger partial charge on any atom is 0.303 e. The normalized spacial score (nSPS) is 24.3. The van der Waals surface area contributed by atoms with E-state index in [2.05, 4.69) is 4.90 Å². The summed E-state index contributed by atoms with van der Waals surface area (Å²) in [5.41, 5.74) is 0. The Kier molecular flexibility index (Phi) is 4.58. The molecule has 102 valence electrons. The molecule has 2 saturated heterocycles. The maximum atomic E-state index is 11.5. The molecule has 0 aromatic carbocycles. The first-order valence-corrected chi connectivity index (χ1v) is 6.90. The van der Waals surface area contributed by atoms with Crippen LogP contribution < -0.4 is 0 Å². The van der Waals surface area contributed by atoms with Crippen molar-refractivity contribution in [3.8, 4) is 0 Å². The van der Waals surface area contributed by atoms with Crippen LogP contribution in [0.2, 0.25) is 0 Å². The van der Waals surface area contributed by atoms with Gasteiger partial charge in [-0.1, -0.05) is 6.42 Å². The van der Waals surface area contributed by atoms with Crippen molar-refractivity contribution in [1.82, 2.24) is 9.80 Å². The number of amides is 1. The largest absolute Gasteiger partial charge is 0.481 e. The Morgan fingerprint density at radius 3 is 2.89 bits per heavy atom. The molecule has 0 spiro atoms. The summed E-state index contributed by atoms with van der Waals surface area (Å²) in [6.07, 6.45) is 4.83. The van der Waals surface area contributed by atoms with E-state index in [0.717, 1.165) is 58.3 Å². The molecule has 5 heteroatoms. The summed E-state index contributed by atoms with van der Waals surface area (Å²) in [7, 11) is 0. The first kappa shape index (κ1) is 13.3. The average Bonchev–Trinajstić information content (AvgIpc) is 2.70. The van der Waals surface area contributed by atoms with Crippen LogP contribution in [0.1, 0.15) is 38.5 Å². The molecule has 2 heterocycles. The highest BCUT2D eigenvalue weighted by Gasteiger charge is 2.34. The van der Waals surface area contributed by atoms with Gasteiger partial charge in [-0.2, -0.15) is 0 Å². The number of nitrogens with zero attached hydrogens (tertiary/aromatic N) is 2. The molecule has 0 radical (unpaired) electrons. The molecule has 0 aliphatic carbocycles. The third-order valence-electron chi connectivity index (χ3n) is 3.94. The Morgan fingerprint density at radius 1 is 1.28 bits per heavy atom. The molecule has 1 N–H and O–H groups in total. The molecule has 18 heavy (non-hydrogen) atoms. The van der Waals surface area contributed by atoms with Gasteiger partial charge in [0.2, 0.25) is 5.91 Å². The Balaban J connectivity index is 1.61. The number of hydrogen-bond acceptors (Lipinski definition) is 3. The standard InChI is InChI=1S/C13H22N2O3/c16-12-6-5-11-10-14(8-9-15(11)12)7-3-1-2-4-13(17)18/h11H,1-10H2,(H,17,18). The van der Waals surface area contributed by atoms with Gasteiger partial charge in [-0.25, -0.2) is 0 Å². The number of fused-ring (bicyclic) bond motifs is 1. The number of carbonyl (C=O) groups excluding carboxylic acids is 1. The first-order valence-electron chi connectivity index (χ1n) is 6.90. The molecule has 0 aromatic rings. The lowest BCUT2D eigenvalue weighted by Gasteiger charge is -2.37. The lowest BCUT2D eigenvalue weighted by Crippen LogP contribution is -2.51. The van der Waals surface area contributed by atoms with Gasteiger partial charge in [0.15, 0.2) is 0 Å². The second kappa shape index (κ2) is 6.18. The van der Waals surface area contributed by atoms with E-state index in [-0.39, 0.29) is 6.42 Å². The Morgan fingerprint density at radius 2 is 2.11 bits per heavy atom. The number of unbranched alkanes of at least 4 members (excludes halogenated alkanes) is 2. The third-order valence-corrected chi connectivity index (χ3v) is 3.94. The summed E-state index contributed by atoms with van der Waals surface area (Å²) in [6.45, 7) is 3.89. The predicted molar refractivity (Wildman–Crippen MR) is 67.3 cm³/mol. The maximum absolute atomic E-state index is 11.5. The minimum atomic E-state index is -0.701. The van der Waals surface area contributed by atoms with Crippen LogP contribution in [0, 0.1) is 0 Å². The van der Waals surface area contributed by atoms with Gasteiger partial charge in [0, 0.05) is 38.5 Å². The molecule has 2 fully saturated rings. The summed E-state index contributed by atoms with van der Waals surface area (Å²) in [5.74, 6) is -0.380. The number of aliphatic carboxylic acids is 1. The molecular formula is C13H22N2O3. The van der Waals surface area contributed by atoms with Gasteiger partial charge in [-0.15, -0.1) is 0 Å². The van der Waals surface area contributed by atoms with Gasteiger partial charge in [0.05, 0.1) is 0 Å². The Labute approximate surface area is 108 Å². The zero-order valence-electron chi connectivity index (χ0n) is 10.8. The number of piperazine rings is 1. The van der Waals surface area contributed by atoms with Gasteiger partial charge >= 0.3 is 5.97 Å². The lowest BCUT2D eigenvalue weighted by molar-refractivity contribution is -0.137. The van der Waals surface area contributed by atoms with Gasteiger partial charge in [0.25, 0.3) is 0 Å². The van der Waals surface area contributed by atoms with Crippen LogP contribution in [-0.2, 0) is 9.59 Å². The zero-order valence-corrected chi connectivity index (χ0v) is 10.8. The molecular weight excluding hydrogens is 232 g/mol. The molecule has 0 bridgehead atoms. The average molecular weight is 254 g/mol. The molecule has 1 amide bonds. The zero-order chi connectivity index (χ0) is 13.0. The third kappa shape index (κ3) is 3.45. The van der Waals surface area contributed by atoms with Gasteiger partial charge in [-0.3, -0.25) is 14.5 Å². The van der Waals surface area contributed by atoms with Crippen molar-refractivity contribution in [2.24, 2.45) is 0 Å². The molecule has 0 aromatic heterocycles. The van der Waals surface area contributed by atoms with Crippen LogP contribution in [0.25, 0.3) is 0 Å². The van der Waals surface area contributed by atoms with Crippen molar-refractivity contribution < 1.29 is 14.7 Å². The van der Waals surface area contributed by atoms with Gasteiger partial charge in [0.1, 0.15) is 0 Å². The van der Waals surface area contributed by atoms with E-state index in [0.29, 0.717) is 11.9 Å². The number of hydrogen-bond donors (Lipinski definition) is 1. The van der Waals surface area contributed by atoms with Crippen molar-refractivity contribution in [3.63, 3.8) is 0 Å². The fourth-order valence-corrected chi connectivity index (χ4v) is 2.92. The number of rotatable bonds is 6. The second-order valence-electron chi connectivity index (χ2n) is 5.28. The summed E-state index contributed by atoms with van der Waals surface area (Å²) in [6, 6.07) is 0.435. The minimum Gasteiger partial charge on any atom is -0.481 e. The van der Waals surface area contributed by atoms with E-state index in [9.17, 15) is 9.59 Å². The molecule has 2 aliphatic rings. The molecule has 2 rings (SSSR count). The fourth-order valence-electron chi connectivity index (χ4n) is 2.92. The number of carboxylic acids is 1. The van der Waals surface area contributed by atoms with Crippen molar-refractivity contribution in [3.05, 3.63) is 0 Å². The van der Waals surface area contributed by atoms with E-state index >= 15 is 0 Å². The van der Waals surface area contributed by atoms with E-state index in [1.54, 1.807) is 0 Å². The quantitative estimate of drug-likeness (QED) is 0.717. The van der Waals surface area contributed by atoms with Crippen LogP contribution in [0.3, 0.4) is 0 Å². The Bertz CT molecular complexity index is 319. The van der Waals surface area contributed by atoms with Crippen molar-refractivity contribution in [1.29, 1.82) is 0 Å². The Hall–Kier alpha value is -1.10. The highest BCUT2D eigenvalue weighted by molar-refractivity contribution is 5.78. The second-order valence-corrected chi connectivity index (χ2v) is 5.28. The van der Waals surface area contributed by atoms with Crippen molar-refractivity contribution in [2.75, 3.05) is 26.2 Å². The van der Waals surface area contributed by atoms with E-state index in [1.165, 1.54) is 0 Å². The summed E-state index contributed by atoms with van der Waals surface area (Å²) in [4.78, 5) is 26.3. The molecule has 2 aliphatic heterocycles. The molecule has 5 nitrogen and oxygen atoms in total. The molecule has 0 saturated carbocycles. The molecule has 1 atom stereocenters. The summed E-state index contributed by atoms with van der Waals surface area (Å²) < 4.78 is 0. The summed E-state index contributed by atoms with van der Waals surface area (Å²) in [5, 5.41) is 8.54. The van der Waals surface area contributed by atoms with Crippen molar-refractivity contribution in [2.45, 2.75) is 44.6 Å². The highest BCUT2D eigenvalue weighted by atomic mass is 16.4. The fraction of sp³-hybridized carbons (Fsp3) is 0.846. The molecule has 1 unspecified atom stereocenters. The smallest absolute Gasteiger partial charge is 0.303 e. The number of carbonyl (C=O) groups is 2. The van der Waals surface area contributed by atoms with Crippen molar-refractivity contribution >= 4 is 11.9 Å². The number of carboxylic acid groups (broad SMARTS) is 1. The minimum absolute atomic E-state index is 0.283. The van der Waals surface area contributed by atoms with E-state index < -0.39 is 5.97 Å².